The Hall–Kier alpha value is -1.98. The van der Waals surface area contributed by atoms with Gasteiger partial charge in [0.1, 0.15) is 5.82 Å². The molecule has 1 unspecified atom stereocenters. The van der Waals surface area contributed by atoms with Crippen LogP contribution in [0.3, 0.4) is 0 Å². The van der Waals surface area contributed by atoms with Crippen LogP contribution in [-0.2, 0) is 0 Å². The molecule has 1 atom stereocenters. The minimum Gasteiger partial charge on any atom is -0.370 e. The molecule has 2 rings (SSSR count). The van der Waals surface area contributed by atoms with Gasteiger partial charge in [0.2, 0.25) is 0 Å². The number of rotatable bonds is 8. The van der Waals surface area contributed by atoms with Crippen molar-refractivity contribution in [2.75, 3.05) is 18.4 Å². The van der Waals surface area contributed by atoms with E-state index in [1.807, 2.05) is 37.3 Å². The fourth-order valence-electron chi connectivity index (χ4n) is 2.32. The standard InChI is InChI=1S/C18H23Cl2N5/c1-13(15-8-7-14(19)12-16(15)20)25-18(21)24-11-5-4-10-23-17-6-2-3-9-22-17/h2-3,6-9,12-13H,4-5,10-11H2,1H3,(H,22,23)(H3,21,24,25). The third-order valence-electron chi connectivity index (χ3n) is 3.63. The molecule has 1 aromatic carbocycles. The van der Waals surface area contributed by atoms with E-state index >= 15 is 0 Å². The normalized spacial score (nSPS) is 12.7. The van der Waals surface area contributed by atoms with Gasteiger partial charge in [-0.05, 0) is 49.6 Å². The van der Waals surface area contributed by atoms with Crippen molar-refractivity contribution in [3.8, 4) is 0 Å². The molecule has 7 heteroatoms. The number of hydrogen-bond donors (Lipinski definition) is 3. The van der Waals surface area contributed by atoms with Crippen molar-refractivity contribution in [3.63, 3.8) is 0 Å². The molecule has 0 radical (unpaired) electrons. The maximum Gasteiger partial charge on any atom is 0.189 e. The summed E-state index contributed by atoms with van der Waals surface area (Å²) < 4.78 is 0. The van der Waals surface area contributed by atoms with Crippen LogP contribution in [0.2, 0.25) is 10.0 Å². The van der Waals surface area contributed by atoms with Gasteiger partial charge in [0, 0.05) is 29.3 Å². The van der Waals surface area contributed by atoms with Crippen molar-refractivity contribution in [1.82, 2.24) is 10.3 Å². The topological polar surface area (TPSA) is 75.3 Å². The fourth-order valence-corrected chi connectivity index (χ4v) is 2.89. The highest BCUT2D eigenvalue weighted by Gasteiger charge is 2.10. The number of nitrogens with one attached hydrogen (secondary N) is 2. The Morgan fingerprint density at radius 2 is 2.08 bits per heavy atom. The first-order valence-corrected chi connectivity index (χ1v) is 8.98. The first-order valence-electron chi connectivity index (χ1n) is 8.22. The Bertz CT molecular complexity index is 691. The molecule has 0 aliphatic heterocycles. The SMILES string of the molecule is CC(NC(N)=NCCCCNc1ccccn1)c1ccc(Cl)cc1Cl. The molecule has 2 aromatic rings. The van der Waals surface area contributed by atoms with E-state index in [1.54, 1.807) is 12.3 Å². The summed E-state index contributed by atoms with van der Waals surface area (Å²) in [5.74, 6) is 1.30. The summed E-state index contributed by atoms with van der Waals surface area (Å²) in [4.78, 5) is 8.56. The molecule has 0 aliphatic rings. The number of aromatic nitrogens is 1. The molecule has 4 N–H and O–H groups in total. The zero-order valence-corrected chi connectivity index (χ0v) is 15.7. The van der Waals surface area contributed by atoms with Crippen molar-refractivity contribution in [2.24, 2.45) is 10.7 Å². The minimum atomic E-state index is -0.0423. The van der Waals surface area contributed by atoms with Gasteiger partial charge in [0.15, 0.2) is 5.96 Å². The number of benzene rings is 1. The highest BCUT2D eigenvalue weighted by Crippen LogP contribution is 2.25. The van der Waals surface area contributed by atoms with Crippen LogP contribution in [0.4, 0.5) is 5.82 Å². The van der Waals surface area contributed by atoms with Crippen LogP contribution in [-0.4, -0.2) is 24.0 Å². The number of halogens is 2. The number of pyridine rings is 1. The van der Waals surface area contributed by atoms with E-state index in [0.717, 1.165) is 30.8 Å². The highest BCUT2D eigenvalue weighted by atomic mass is 35.5. The predicted molar refractivity (Wildman–Crippen MR) is 106 cm³/mol. The third-order valence-corrected chi connectivity index (χ3v) is 4.19. The number of anilines is 1. The van der Waals surface area contributed by atoms with E-state index in [0.29, 0.717) is 22.5 Å². The molecule has 0 aliphatic carbocycles. The molecular weight excluding hydrogens is 357 g/mol. The van der Waals surface area contributed by atoms with Gasteiger partial charge in [-0.1, -0.05) is 35.3 Å². The molecule has 25 heavy (non-hydrogen) atoms. The summed E-state index contributed by atoms with van der Waals surface area (Å²) in [5, 5.41) is 7.64. The predicted octanol–water partition coefficient (Wildman–Crippen LogP) is 4.25. The van der Waals surface area contributed by atoms with E-state index in [4.69, 9.17) is 28.9 Å². The van der Waals surface area contributed by atoms with Crippen LogP contribution in [0.1, 0.15) is 31.4 Å². The van der Waals surface area contributed by atoms with Crippen molar-refractivity contribution < 1.29 is 0 Å². The summed E-state index contributed by atoms with van der Waals surface area (Å²) in [6.45, 7) is 3.51. The monoisotopic (exact) mass is 379 g/mol. The van der Waals surface area contributed by atoms with Crippen LogP contribution in [0.25, 0.3) is 0 Å². The molecule has 0 bridgehead atoms. The summed E-state index contributed by atoms with van der Waals surface area (Å²) in [6.07, 6.45) is 3.71. The molecular formula is C18H23Cl2N5. The Morgan fingerprint density at radius 1 is 1.24 bits per heavy atom. The van der Waals surface area contributed by atoms with E-state index in [2.05, 4.69) is 20.6 Å². The zero-order chi connectivity index (χ0) is 18.1. The second kappa shape index (κ2) is 10.1. The zero-order valence-electron chi connectivity index (χ0n) is 14.2. The van der Waals surface area contributed by atoms with E-state index < -0.39 is 0 Å². The van der Waals surface area contributed by atoms with Crippen LogP contribution < -0.4 is 16.4 Å². The molecule has 1 heterocycles. The maximum atomic E-state index is 6.20. The van der Waals surface area contributed by atoms with Gasteiger partial charge in [-0.2, -0.15) is 0 Å². The lowest BCUT2D eigenvalue weighted by atomic mass is 10.1. The van der Waals surface area contributed by atoms with Crippen LogP contribution in [0, 0.1) is 0 Å². The van der Waals surface area contributed by atoms with Crippen LogP contribution in [0.15, 0.2) is 47.6 Å². The van der Waals surface area contributed by atoms with E-state index in [-0.39, 0.29) is 6.04 Å². The van der Waals surface area contributed by atoms with Gasteiger partial charge in [-0.3, -0.25) is 4.99 Å². The average molecular weight is 380 g/mol. The van der Waals surface area contributed by atoms with Crippen LogP contribution >= 0.6 is 23.2 Å². The number of unbranched alkanes of at least 4 members (excludes halogenated alkanes) is 1. The highest BCUT2D eigenvalue weighted by molar-refractivity contribution is 6.35. The smallest absolute Gasteiger partial charge is 0.189 e. The molecule has 1 aromatic heterocycles. The molecule has 0 amide bonds. The summed E-state index contributed by atoms with van der Waals surface area (Å²) in [6, 6.07) is 11.2. The third kappa shape index (κ3) is 6.80. The summed E-state index contributed by atoms with van der Waals surface area (Å²) in [5.41, 5.74) is 6.88. The number of hydrogen-bond acceptors (Lipinski definition) is 3. The second-order valence-corrected chi connectivity index (χ2v) is 6.49. The summed E-state index contributed by atoms with van der Waals surface area (Å²) >= 11 is 12.1. The van der Waals surface area contributed by atoms with Gasteiger partial charge in [0.25, 0.3) is 0 Å². The first kappa shape index (κ1) is 19.3. The molecule has 134 valence electrons. The molecule has 0 saturated carbocycles. The lowest BCUT2D eigenvalue weighted by molar-refractivity contribution is 0.701. The first-order chi connectivity index (χ1) is 12.1. The van der Waals surface area contributed by atoms with E-state index in [1.165, 1.54) is 0 Å². The molecule has 0 fully saturated rings. The van der Waals surface area contributed by atoms with Gasteiger partial charge >= 0.3 is 0 Å². The summed E-state index contributed by atoms with van der Waals surface area (Å²) in [7, 11) is 0. The quantitative estimate of drug-likeness (QED) is 0.364. The van der Waals surface area contributed by atoms with Gasteiger partial charge in [0.05, 0.1) is 6.04 Å². The Kier molecular flexibility index (Phi) is 7.82. The number of nitrogens with zero attached hydrogens (tertiary/aromatic N) is 2. The van der Waals surface area contributed by atoms with Gasteiger partial charge in [-0.25, -0.2) is 4.98 Å². The lowest BCUT2D eigenvalue weighted by Gasteiger charge is -2.16. The maximum absolute atomic E-state index is 6.20. The Balaban J connectivity index is 1.68. The number of aliphatic imine (C=N–C) groups is 1. The van der Waals surface area contributed by atoms with Crippen molar-refractivity contribution in [1.29, 1.82) is 0 Å². The van der Waals surface area contributed by atoms with E-state index in [9.17, 15) is 0 Å². The number of nitrogens with two attached hydrogens (primary N) is 1. The van der Waals surface area contributed by atoms with Crippen molar-refractivity contribution >= 4 is 35.0 Å². The van der Waals surface area contributed by atoms with Crippen molar-refractivity contribution in [2.45, 2.75) is 25.8 Å². The Labute approximate surface area is 158 Å². The molecule has 0 saturated heterocycles. The van der Waals surface area contributed by atoms with Crippen LogP contribution in [0.5, 0.6) is 0 Å². The van der Waals surface area contributed by atoms with Gasteiger partial charge in [-0.15, -0.1) is 0 Å². The minimum absolute atomic E-state index is 0.0423. The largest absolute Gasteiger partial charge is 0.370 e. The molecule has 0 spiro atoms. The van der Waals surface area contributed by atoms with Gasteiger partial charge < -0.3 is 16.4 Å². The average Bonchev–Trinajstić information content (AvgIpc) is 2.58. The second-order valence-electron chi connectivity index (χ2n) is 5.65. The lowest BCUT2D eigenvalue weighted by Crippen LogP contribution is -2.34. The van der Waals surface area contributed by atoms with Crippen molar-refractivity contribution in [3.05, 3.63) is 58.2 Å². The Morgan fingerprint density at radius 3 is 2.80 bits per heavy atom. The number of guanidine groups is 1. The fraction of sp³-hybridized carbons (Fsp3) is 0.333. The molecule has 5 nitrogen and oxygen atoms in total.